The molecule has 1 saturated heterocycles. The van der Waals surface area contributed by atoms with E-state index in [0.29, 0.717) is 32.1 Å². The van der Waals surface area contributed by atoms with Gasteiger partial charge in [-0.25, -0.2) is 0 Å². The first kappa shape index (κ1) is 23.5. The average Bonchev–Trinajstić information content (AvgIpc) is 3.19. The minimum atomic E-state index is -0.0242. The van der Waals surface area contributed by atoms with E-state index in [1.807, 2.05) is 24.3 Å². The third kappa shape index (κ3) is 4.55. The van der Waals surface area contributed by atoms with E-state index in [9.17, 15) is 0 Å². The standard InChI is InChI=1S/C23H28BrCl2NO3/c1-5-21(24)23(16-6-7-17(25)18(26)12-16)8-9-27(14-23)13-15-10-19(28-2)22(30-4)20(11-15)29-3/h6-7,10-12,21H,5,8-9,13-14H2,1-4H3. The van der Waals surface area contributed by atoms with Crippen LogP contribution in [-0.2, 0) is 12.0 Å². The minimum Gasteiger partial charge on any atom is -0.493 e. The fourth-order valence-electron chi connectivity index (χ4n) is 4.40. The molecule has 0 aliphatic carbocycles. The molecule has 1 aliphatic heterocycles. The van der Waals surface area contributed by atoms with Crippen molar-refractivity contribution < 1.29 is 14.2 Å². The van der Waals surface area contributed by atoms with Gasteiger partial charge in [0, 0.05) is 23.3 Å². The van der Waals surface area contributed by atoms with E-state index in [0.717, 1.165) is 38.0 Å². The molecule has 30 heavy (non-hydrogen) atoms. The van der Waals surface area contributed by atoms with Crippen molar-refractivity contribution >= 4 is 39.1 Å². The lowest BCUT2D eigenvalue weighted by atomic mass is 9.76. The zero-order valence-corrected chi connectivity index (χ0v) is 20.9. The lowest BCUT2D eigenvalue weighted by Crippen LogP contribution is -2.38. The number of methoxy groups -OCH3 is 3. The molecule has 2 unspecified atom stereocenters. The van der Waals surface area contributed by atoms with Gasteiger partial charge in [0.25, 0.3) is 0 Å². The summed E-state index contributed by atoms with van der Waals surface area (Å²) in [6, 6.07) is 10.1. The van der Waals surface area contributed by atoms with Crippen LogP contribution in [0.2, 0.25) is 10.0 Å². The first-order chi connectivity index (χ1) is 14.4. The molecule has 0 spiro atoms. The van der Waals surface area contributed by atoms with Crippen molar-refractivity contribution in [2.24, 2.45) is 0 Å². The van der Waals surface area contributed by atoms with Crippen LogP contribution in [0.5, 0.6) is 17.2 Å². The number of rotatable bonds is 8. The van der Waals surface area contributed by atoms with Gasteiger partial charge in [0.05, 0.1) is 31.4 Å². The number of hydrogen-bond acceptors (Lipinski definition) is 4. The van der Waals surface area contributed by atoms with Crippen molar-refractivity contribution in [3.05, 3.63) is 51.5 Å². The molecule has 164 valence electrons. The van der Waals surface area contributed by atoms with Gasteiger partial charge in [-0.1, -0.05) is 52.1 Å². The van der Waals surface area contributed by atoms with Crippen molar-refractivity contribution in [3.8, 4) is 17.2 Å². The van der Waals surface area contributed by atoms with Gasteiger partial charge in [0.2, 0.25) is 5.75 Å². The molecule has 2 atom stereocenters. The molecule has 2 aromatic rings. The molecule has 0 saturated carbocycles. The second-order valence-electron chi connectivity index (χ2n) is 7.66. The molecule has 0 amide bonds. The van der Waals surface area contributed by atoms with Crippen molar-refractivity contribution in [1.29, 1.82) is 0 Å². The SMILES string of the molecule is CCC(Br)C1(c2ccc(Cl)c(Cl)c2)CCN(Cc2cc(OC)c(OC)c(OC)c2)C1. The van der Waals surface area contributed by atoms with Crippen LogP contribution in [0, 0.1) is 0 Å². The number of likely N-dealkylation sites (tertiary alicyclic amines) is 1. The fourth-order valence-corrected chi connectivity index (χ4v) is 5.34. The van der Waals surface area contributed by atoms with Gasteiger partial charge in [-0.3, -0.25) is 4.90 Å². The smallest absolute Gasteiger partial charge is 0.203 e. The second kappa shape index (κ2) is 9.99. The Bertz CT molecular complexity index is 870. The van der Waals surface area contributed by atoms with E-state index in [2.05, 4.69) is 33.8 Å². The zero-order chi connectivity index (χ0) is 21.9. The highest BCUT2D eigenvalue weighted by Gasteiger charge is 2.44. The zero-order valence-electron chi connectivity index (χ0n) is 17.8. The first-order valence-electron chi connectivity index (χ1n) is 9.99. The number of alkyl halides is 1. The molecular weight excluding hydrogens is 489 g/mol. The monoisotopic (exact) mass is 515 g/mol. The quantitative estimate of drug-likeness (QED) is 0.383. The number of benzene rings is 2. The Labute approximate surface area is 197 Å². The van der Waals surface area contributed by atoms with Crippen LogP contribution in [0.15, 0.2) is 30.3 Å². The maximum Gasteiger partial charge on any atom is 0.203 e. The molecule has 1 heterocycles. The topological polar surface area (TPSA) is 30.9 Å². The van der Waals surface area contributed by atoms with Crippen molar-refractivity contribution in [3.63, 3.8) is 0 Å². The highest BCUT2D eigenvalue weighted by molar-refractivity contribution is 9.09. The Morgan fingerprint density at radius 2 is 1.70 bits per heavy atom. The summed E-state index contributed by atoms with van der Waals surface area (Å²) >= 11 is 16.5. The van der Waals surface area contributed by atoms with Crippen molar-refractivity contribution in [2.45, 2.75) is 36.6 Å². The van der Waals surface area contributed by atoms with E-state index in [1.165, 1.54) is 5.56 Å². The largest absolute Gasteiger partial charge is 0.493 e. The summed E-state index contributed by atoms with van der Waals surface area (Å²) in [6.07, 6.45) is 2.07. The molecule has 0 bridgehead atoms. The molecule has 1 fully saturated rings. The molecule has 0 N–H and O–H groups in total. The van der Waals surface area contributed by atoms with Crippen LogP contribution in [-0.4, -0.2) is 44.1 Å². The van der Waals surface area contributed by atoms with Crippen molar-refractivity contribution in [2.75, 3.05) is 34.4 Å². The van der Waals surface area contributed by atoms with E-state index < -0.39 is 0 Å². The molecule has 0 radical (unpaired) electrons. The lowest BCUT2D eigenvalue weighted by molar-refractivity contribution is 0.294. The Morgan fingerprint density at radius 3 is 2.23 bits per heavy atom. The van der Waals surface area contributed by atoms with Crippen LogP contribution < -0.4 is 14.2 Å². The van der Waals surface area contributed by atoms with Gasteiger partial charge in [-0.15, -0.1) is 0 Å². The molecule has 4 nitrogen and oxygen atoms in total. The van der Waals surface area contributed by atoms with Crippen LogP contribution in [0.25, 0.3) is 0 Å². The Kier molecular flexibility index (Phi) is 7.83. The fraction of sp³-hybridized carbons (Fsp3) is 0.478. The van der Waals surface area contributed by atoms with E-state index in [4.69, 9.17) is 37.4 Å². The molecule has 1 aliphatic rings. The normalized spacial score (nSPS) is 20.2. The number of ether oxygens (including phenoxy) is 3. The van der Waals surface area contributed by atoms with E-state index in [-0.39, 0.29) is 5.41 Å². The molecule has 2 aromatic carbocycles. The van der Waals surface area contributed by atoms with Gasteiger partial charge in [-0.2, -0.15) is 0 Å². The lowest BCUT2D eigenvalue weighted by Gasteiger charge is -2.35. The summed E-state index contributed by atoms with van der Waals surface area (Å²) in [4.78, 5) is 2.81. The Hall–Kier alpha value is -1.14. The summed E-state index contributed by atoms with van der Waals surface area (Å²) in [5.74, 6) is 1.96. The van der Waals surface area contributed by atoms with Crippen LogP contribution in [0.1, 0.15) is 30.9 Å². The van der Waals surface area contributed by atoms with E-state index in [1.54, 1.807) is 21.3 Å². The predicted molar refractivity (Wildman–Crippen MR) is 127 cm³/mol. The third-order valence-corrected chi connectivity index (χ3v) is 8.23. The average molecular weight is 517 g/mol. The Balaban J connectivity index is 1.89. The van der Waals surface area contributed by atoms with Crippen molar-refractivity contribution in [1.82, 2.24) is 4.90 Å². The summed E-state index contributed by atoms with van der Waals surface area (Å²) in [6.45, 7) is 4.91. The van der Waals surface area contributed by atoms with Crippen LogP contribution >= 0.6 is 39.1 Å². The Morgan fingerprint density at radius 1 is 1.03 bits per heavy atom. The number of nitrogens with zero attached hydrogens (tertiary/aromatic N) is 1. The second-order valence-corrected chi connectivity index (χ2v) is 9.57. The summed E-state index contributed by atoms with van der Waals surface area (Å²) in [7, 11) is 4.90. The van der Waals surface area contributed by atoms with Gasteiger partial charge in [-0.05, 0) is 54.8 Å². The summed E-state index contributed by atoms with van der Waals surface area (Å²) < 4.78 is 16.5. The van der Waals surface area contributed by atoms with Gasteiger partial charge in [0.1, 0.15) is 0 Å². The predicted octanol–water partition coefficient (Wildman–Crippen LogP) is 6.34. The number of halogens is 3. The highest BCUT2D eigenvalue weighted by atomic mass is 79.9. The third-order valence-electron chi connectivity index (χ3n) is 5.96. The molecule has 3 rings (SSSR count). The molecular formula is C23H28BrCl2NO3. The highest BCUT2D eigenvalue weighted by Crippen LogP contribution is 2.45. The maximum absolute atomic E-state index is 6.36. The summed E-state index contributed by atoms with van der Waals surface area (Å²) in [5, 5.41) is 1.19. The van der Waals surface area contributed by atoms with Gasteiger partial charge >= 0.3 is 0 Å². The first-order valence-corrected chi connectivity index (χ1v) is 11.7. The van der Waals surface area contributed by atoms with Gasteiger partial charge in [0.15, 0.2) is 11.5 Å². The molecule has 0 aromatic heterocycles. The minimum absolute atomic E-state index is 0.0242. The number of hydrogen-bond donors (Lipinski definition) is 0. The summed E-state index contributed by atoms with van der Waals surface area (Å²) in [5.41, 5.74) is 2.33. The van der Waals surface area contributed by atoms with E-state index >= 15 is 0 Å². The van der Waals surface area contributed by atoms with Crippen LogP contribution in [0.4, 0.5) is 0 Å². The van der Waals surface area contributed by atoms with Crippen LogP contribution in [0.3, 0.4) is 0 Å². The molecule has 7 heteroatoms. The maximum atomic E-state index is 6.36. The van der Waals surface area contributed by atoms with Gasteiger partial charge < -0.3 is 14.2 Å².